The maximum atomic E-state index is 9.17. The van der Waals surface area contributed by atoms with Gasteiger partial charge in [-0.3, -0.25) is 0 Å². The first-order valence-corrected chi connectivity index (χ1v) is 6.77. The normalized spacial score (nSPS) is 19.6. The van der Waals surface area contributed by atoms with Gasteiger partial charge < -0.3 is 10.6 Å². The number of benzene rings is 1. The van der Waals surface area contributed by atoms with Gasteiger partial charge in [-0.2, -0.15) is 5.26 Å². The Kier molecular flexibility index (Phi) is 4.46. The molecule has 1 aliphatic heterocycles. The molecule has 0 spiro atoms. The Hall–Kier alpha value is -1.24. The van der Waals surface area contributed by atoms with E-state index in [9.17, 15) is 0 Å². The maximum absolute atomic E-state index is 9.17. The van der Waals surface area contributed by atoms with Crippen LogP contribution in [0.5, 0.6) is 0 Å². The van der Waals surface area contributed by atoms with Crippen LogP contribution < -0.4 is 10.6 Å². The smallest absolute Gasteiger partial charge is 0.101 e. The third-order valence-electron chi connectivity index (χ3n) is 3.51. The summed E-state index contributed by atoms with van der Waals surface area (Å²) in [6, 6.07) is 7.70. The van der Waals surface area contributed by atoms with Crippen LogP contribution in [-0.4, -0.2) is 19.6 Å². The number of hydrogen-bond acceptors (Lipinski definition) is 3. The lowest BCUT2D eigenvalue weighted by atomic mass is 9.94. The van der Waals surface area contributed by atoms with E-state index >= 15 is 0 Å². The third-order valence-corrected chi connectivity index (χ3v) is 3.75. The van der Waals surface area contributed by atoms with Crippen molar-refractivity contribution in [2.45, 2.75) is 19.3 Å². The number of nitrogens with two attached hydrogens (primary N) is 1. The zero-order chi connectivity index (χ0) is 13.0. The van der Waals surface area contributed by atoms with Crippen molar-refractivity contribution in [1.82, 2.24) is 0 Å². The van der Waals surface area contributed by atoms with Gasteiger partial charge in [-0.25, -0.2) is 0 Å². The lowest BCUT2D eigenvalue weighted by Crippen LogP contribution is -2.36. The molecule has 0 saturated carbocycles. The van der Waals surface area contributed by atoms with Crippen molar-refractivity contribution in [2.24, 2.45) is 11.7 Å². The predicted octanol–water partition coefficient (Wildman–Crippen LogP) is 2.78. The number of piperidine rings is 1. The summed E-state index contributed by atoms with van der Waals surface area (Å²) in [7, 11) is 0. The Labute approximate surface area is 113 Å². The molecule has 3 nitrogen and oxygen atoms in total. The molecule has 4 heteroatoms. The van der Waals surface area contributed by atoms with Crippen molar-refractivity contribution < 1.29 is 0 Å². The van der Waals surface area contributed by atoms with Gasteiger partial charge in [0.15, 0.2) is 0 Å². The Morgan fingerprint density at radius 2 is 2.33 bits per heavy atom. The zero-order valence-corrected chi connectivity index (χ0v) is 11.2. The minimum absolute atomic E-state index is 0.634. The quantitative estimate of drug-likeness (QED) is 0.912. The second-order valence-corrected chi connectivity index (χ2v) is 5.24. The van der Waals surface area contributed by atoms with Crippen LogP contribution in [-0.2, 0) is 0 Å². The summed E-state index contributed by atoms with van der Waals surface area (Å²) >= 11 is 6.03. The molecule has 0 bridgehead atoms. The molecule has 1 fully saturated rings. The lowest BCUT2D eigenvalue weighted by Gasteiger charge is -2.34. The SMILES string of the molecule is N#Cc1ccc(Cl)cc1N1CCCC(CCN)C1. The van der Waals surface area contributed by atoms with Gasteiger partial charge in [0.2, 0.25) is 0 Å². The van der Waals surface area contributed by atoms with E-state index in [1.54, 1.807) is 12.1 Å². The highest BCUT2D eigenvalue weighted by Gasteiger charge is 2.21. The third kappa shape index (κ3) is 2.95. The summed E-state index contributed by atoms with van der Waals surface area (Å²) < 4.78 is 0. The molecular formula is C14H18ClN3. The summed E-state index contributed by atoms with van der Waals surface area (Å²) in [5.74, 6) is 0.634. The summed E-state index contributed by atoms with van der Waals surface area (Å²) in [4.78, 5) is 2.27. The molecule has 0 amide bonds. The molecule has 1 atom stereocenters. The van der Waals surface area contributed by atoms with Crippen molar-refractivity contribution in [3.63, 3.8) is 0 Å². The number of rotatable bonds is 3. The van der Waals surface area contributed by atoms with E-state index in [0.717, 1.165) is 38.2 Å². The molecule has 1 aromatic rings. The van der Waals surface area contributed by atoms with Crippen LogP contribution in [0.25, 0.3) is 0 Å². The van der Waals surface area contributed by atoms with Gasteiger partial charge in [0.25, 0.3) is 0 Å². The average Bonchev–Trinajstić information content (AvgIpc) is 2.39. The molecule has 1 aliphatic rings. The number of nitrogens with zero attached hydrogens (tertiary/aromatic N) is 2. The minimum Gasteiger partial charge on any atom is -0.370 e. The van der Waals surface area contributed by atoms with E-state index in [1.807, 2.05) is 6.07 Å². The number of hydrogen-bond donors (Lipinski definition) is 1. The number of anilines is 1. The van der Waals surface area contributed by atoms with Gasteiger partial charge in [0, 0.05) is 18.1 Å². The summed E-state index contributed by atoms with van der Waals surface area (Å²) in [6.07, 6.45) is 3.44. The molecule has 2 rings (SSSR count). The molecule has 1 aromatic carbocycles. The maximum Gasteiger partial charge on any atom is 0.101 e. The van der Waals surface area contributed by atoms with Crippen LogP contribution in [0.15, 0.2) is 18.2 Å². The highest BCUT2D eigenvalue weighted by Crippen LogP contribution is 2.29. The van der Waals surface area contributed by atoms with E-state index in [0.29, 0.717) is 16.5 Å². The van der Waals surface area contributed by atoms with Crippen LogP contribution in [0.2, 0.25) is 5.02 Å². The molecule has 1 heterocycles. The lowest BCUT2D eigenvalue weighted by molar-refractivity contribution is 0.396. The predicted molar refractivity (Wildman–Crippen MR) is 74.8 cm³/mol. The molecule has 0 aromatic heterocycles. The second-order valence-electron chi connectivity index (χ2n) is 4.80. The standard InChI is InChI=1S/C14H18ClN3/c15-13-4-3-12(9-17)14(8-13)18-7-1-2-11(10-18)5-6-16/h3-4,8,11H,1-2,5-7,10,16H2. The van der Waals surface area contributed by atoms with E-state index in [-0.39, 0.29) is 0 Å². The van der Waals surface area contributed by atoms with Gasteiger partial charge in [0.1, 0.15) is 6.07 Å². The number of nitriles is 1. The van der Waals surface area contributed by atoms with Gasteiger partial charge in [0.05, 0.1) is 11.3 Å². The largest absolute Gasteiger partial charge is 0.370 e. The zero-order valence-electron chi connectivity index (χ0n) is 10.4. The molecular weight excluding hydrogens is 246 g/mol. The van der Waals surface area contributed by atoms with Crippen LogP contribution >= 0.6 is 11.6 Å². The molecule has 1 unspecified atom stereocenters. The summed E-state index contributed by atoms with van der Waals surface area (Å²) in [5, 5.41) is 9.85. The fourth-order valence-electron chi connectivity index (χ4n) is 2.62. The fourth-order valence-corrected chi connectivity index (χ4v) is 2.78. The molecule has 2 N–H and O–H groups in total. The van der Waals surface area contributed by atoms with Gasteiger partial charge in [-0.05, 0) is 49.9 Å². The fraction of sp³-hybridized carbons (Fsp3) is 0.500. The highest BCUT2D eigenvalue weighted by molar-refractivity contribution is 6.30. The molecule has 96 valence electrons. The van der Waals surface area contributed by atoms with Crippen LogP contribution in [0.4, 0.5) is 5.69 Å². The topological polar surface area (TPSA) is 53.0 Å². The monoisotopic (exact) mass is 263 g/mol. The highest BCUT2D eigenvalue weighted by atomic mass is 35.5. The second kappa shape index (κ2) is 6.08. The van der Waals surface area contributed by atoms with Crippen molar-refractivity contribution in [1.29, 1.82) is 5.26 Å². The molecule has 1 saturated heterocycles. The Morgan fingerprint density at radius 1 is 1.50 bits per heavy atom. The van der Waals surface area contributed by atoms with E-state index in [2.05, 4.69) is 11.0 Å². The summed E-state index contributed by atoms with van der Waals surface area (Å²) in [5.41, 5.74) is 7.30. The Bertz CT molecular complexity index is 451. The average molecular weight is 264 g/mol. The van der Waals surface area contributed by atoms with Gasteiger partial charge >= 0.3 is 0 Å². The minimum atomic E-state index is 0.634. The van der Waals surface area contributed by atoms with Crippen LogP contribution in [0.1, 0.15) is 24.8 Å². The molecule has 0 aliphatic carbocycles. The first-order chi connectivity index (χ1) is 8.74. The number of halogens is 1. The van der Waals surface area contributed by atoms with E-state index in [1.165, 1.54) is 6.42 Å². The van der Waals surface area contributed by atoms with Crippen molar-refractivity contribution in [2.75, 3.05) is 24.5 Å². The Morgan fingerprint density at radius 3 is 3.06 bits per heavy atom. The first kappa shape index (κ1) is 13.2. The Balaban J connectivity index is 2.20. The van der Waals surface area contributed by atoms with E-state index in [4.69, 9.17) is 22.6 Å². The first-order valence-electron chi connectivity index (χ1n) is 6.39. The van der Waals surface area contributed by atoms with Crippen LogP contribution in [0, 0.1) is 17.2 Å². The van der Waals surface area contributed by atoms with Crippen molar-refractivity contribution in [3.05, 3.63) is 28.8 Å². The molecule has 18 heavy (non-hydrogen) atoms. The van der Waals surface area contributed by atoms with E-state index < -0.39 is 0 Å². The van der Waals surface area contributed by atoms with Crippen molar-refractivity contribution >= 4 is 17.3 Å². The van der Waals surface area contributed by atoms with Crippen molar-refractivity contribution in [3.8, 4) is 6.07 Å². The van der Waals surface area contributed by atoms with Gasteiger partial charge in [-0.1, -0.05) is 11.6 Å². The van der Waals surface area contributed by atoms with Crippen LogP contribution in [0.3, 0.4) is 0 Å². The summed E-state index contributed by atoms with van der Waals surface area (Å²) in [6.45, 7) is 2.71. The van der Waals surface area contributed by atoms with Gasteiger partial charge in [-0.15, -0.1) is 0 Å². The molecule has 0 radical (unpaired) electrons.